The molecule has 1 aliphatic heterocycles. The van der Waals surface area contributed by atoms with E-state index in [0.29, 0.717) is 46.6 Å². The Morgan fingerprint density at radius 1 is 0.906 bits per heavy atom. The first-order valence-corrected chi connectivity index (χ1v) is 9.88. The van der Waals surface area contributed by atoms with Crippen molar-refractivity contribution in [3.05, 3.63) is 83.0 Å². The van der Waals surface area contributed by atoms with E-state index in [1.165, 1.54) is 0 Å². The molecule has 1 heterocycles. The van der Waals surface area contributed by atoms with Crippen molar-refractivity contribution in [3.63, 3.8) is 0 Å². The highest BCUT2D eigenvalue weighted by molar-refractivity contribution is 6.01. The van der Waals surface area contributed by atoms with Crippen molar-refractivity contribution in [3.8, 4) is 11.5 Å². The number of ether oxygens (including phenoxy) is 3. The topological polar surface area (TPSA) is 96.0 Å². The van der Waals surface area contributed by atoms with Gasteiger partial charge in [-0.25, -0.2) is 14.4 Å². The monoisotopic (exact) mass is 434 g/mol. The molecule has 4 rings (SSSR count). The largest absolute Gasteiger partial charge is 0.457 e. The van der Waals surface area contributed by atoms with Crippen LogP contribution in [0.3, 0.4) is 0 Å². The maximum Gasteiger partial charge on any atom is 0.338 e. The van der Waals surface area contributed by atoms with Crippen molar-refractivity contribution in [2.75, 3.05) is 0 Å². The minimum Gasteiger partial charge on any atom is -0.457 e. The highest BCUT2D eigenvalue weighted by Crippen LogP contribution is 2.30. The molecule has 0 bridgehead atoms. The minimum atomic E-state index is -0.481. The fraction of sp³-hybridized carbons (Fsp3) is 0.200. The van der Waals surface area contributed by atoms with E-state index in [1.807, 2.05) is 0 Å². The van der Waals surface area contributed by atoms with E-state index in [-0.39, 0.29) is 18.4 Å². The number of esters is 3. The Balaban J connectivity index is 0.000000181. The lowest BCUT2D eigenvalue weighted by atomic mass is 10.1. The van der Waals surface area contributed by atoms with Crippen LogP contribution in [-0.2, 0) is 27.4 Å². The normalized spacial score (nSPS) is 13.2. The maximum absolute atomic E-state index is 11.5. The predicted molar refractivity (Wildman–Crippen MR) is 116 cm³/mol. The van der Waals surface area contributed by atoms with Gasteiger partial charge in [0.15, 0.2) is 5.78 Å². The van der Waals surface area contributed by atoms with Gasteiger partial charge in [-0.1, -0.05) is 25.3 Å². The second-order valence-electron chi connectivity index (χ2n) is 7.44. The summed E-state index contributed by atoms with van der Waals surface area (Å²) in [6.07, 6.45) is 1.14. The second kappa shape index (κ2) is 9.43. The molecule has 0 spiro atoms. The van der Waals surface area contributed by atoms with Gasteiger partial charge < -0.3 is 14.2 Å². The zero-order valence-electron chi connectivity index (χ0n) is 17.9. The molecule has 0 saturated carbocycles. The summed E-state index contributed by atoms with van der Waals surface area (Å²) in [5.41, 5.74) is 3.44. The number of benzene rings is 2. The van der Waals surface area contributed by atoms with Crippen LogP contribution in [0.25, 0.3) is 0 Å². The van der Waals surface area contributed by atoms with E-state index < -0.39 is 11.9 Å². The van der Waals surface area contributed by atoms with Gasteiger partial charge >= 0.3 is 17.9 Å². The molecule has 0 aromatic heterocycles. The molecular weight excluding hydrogens is 412 g/mol. The molecule has 0 amide bonds. The molecule has 2 aliphatic rings. The summed E-state index contributed by atoms with van der Waals surface area (Å²) >= 11 is 0. The number of rotatable bonds is 4. The molecule has 0 radical (unpaired) electrons. The summed E-state index contributed by atoms with van der Waals surface area (Å²) in [6, 6.07) is 9.98. The van der Waals surface area contributed by atoms with Crippen LogP contribution in [0.5, 0.6) is 11.5 Å². The quantitative estimate of drug-likeness (QED) is 0.405. The highest BCUT2D eigenvalue weighted by atomic mass is 16.5. The average Bonchev–Trinajstić information content (AvgIpc) is 3.31. The smallest absolute Gasteiger partial charge is 0.338 e. The van der Waals surface area contributed by atoms with E-state index in [0.717, 1.165) is 11.1 Å². The van der Waals surface area contributed by atoms with Crippen LogP contribution in [0.4, 0.5) is 0 Å². The fourth-order valence-electron chi connectivity index (χ4n) is 3.11. The van der Waals surface area contributed by atoms with Crippen molar-refractivity contribution in [1.29, 1.82) is 0 Å². The second-order valence-corrected chi connectivity index (χ2v) is 7.44. The van der Waals surface area contributed by atoms with Gasteiger partial charge in [0.05, 0.1) is 5.56 Å². The van der Waals surface area contributed by atoms with Crippen molar-refractivity contribution in [2.45, 2.75) is 33.3 Å². The third kappa shape index (κ3) is 5.00. The Bertz CT molecular complexity index is 1160. The van der Waals surface area contributed by atoms with Gasteiger partial charge in [-0.05, 0) is 44.5 Å². The van der Waals surface area contributed by atoms with E-state index in [9.17, 15) is 19.2 Å². The standard InChI is InChI=1S/C13H12O3.C12H10O4/c1-8(2)13(15)16-12-5-3-4-9-10(12)6-7-11(9)14;1-7(2)11(13)16-9-3-4-10-8(5-9)6-15-12(10)14/h3-5H,1,6-7H2,2H3;3-5H,1,6H2,2H3. The number of carbonyl (C=O) groups excluding carboxylic acids is 4. The van der Waals surface area contributed by atoms with Gasteiger partial charge in [0, 0.05) is 34.3 Å². The van der Waals surface area contributed by atoms with Crippen LogP contribution in [0.2, 0.25) is 0 Å². The van der Waals surface area contributed by atoms with E-state index in [4.69, 9.17) is 14.2 Å². The molecular formula is C25H22O7. The molecule has 7 nitrogen and oxygen atoms in total. The van der Waals surface area contributed by atoms with Crippen LogP contribution in [0.15, 0.2) is 60.7 Å². The van der Waals surface area contributed by atoms with Crippen molar-refractivity contribution >= 4 is 23.7 Å². The Morgan fingerprint density at radius 2 is 1.59 bits per heavy atom. The molecule has 7 heteroatoms. The van der Waals surface area contributed by atoms with E-state index in [2.05, 4.69) is 13.2 Å². The molecule has 2 aromatic carbocycles. The summed E-state index contributed by atoms with van der Waals surface area (Å²) in [5.74, 6) is -0.282. The van der Waals surface area contributed by atoms with E-state index in [1.54, 1.807) is 50.2 Å². The van der Waals surface area contributed by atoms with Crippen LogP contribution >= 0.6 is 0 Å². The average molecular weight is 434 g/mol. The van der Waals surface area contributed by atoms with Gasteiger partial charge in [0.1, 0.15) is 18.1 Å². The maximum atomic E-state index is 11.5. The highest BCUT2D eigenvalue weighted by Gasteiger charge is 2.24. The van der Waals surface area contributed by atoms with Gasteiger partial charge in [-0.3, -0.25) is 4.79 Å². The molecule has 0 N–H and O–H groups in total. The number of fused-ring (bicyclic) bond motifs is 2. The van der Waals surface area contributed by atoms with Gasteiger partial charge in [0.2, 0.25) is 0 Å². The lowest BCUT2D eigenvalue weighted by Gasteiger charge is -2.07. The number of cyclic esters (lactones) is 1. The summed E-state index contributed by atoms with van der Waals surface area (Å²) in [6.45, 7) is 10.4. The van der Waals surface area contributed by atoms with Crippen molar-refractivity contribution in [2.24, 2.45) is 0 Å². The molecule has 0 fully saturated rings. The van der Waals surface area contributed by atoms with Crippen LogP contribution in [0.1, 0.15) is 52.1 Å². The molecule has 32 heavy (non-hydrogen) atoms. The van der Waals surface area contributed by atoms with Crippen molar-refractivity contribution in [1.82, 2.24) is 0 Å². The first-order valence-electron chi connectivity index (χ1n) is 9.88. The van der Waals surface area contributed by atoms with Gasteiger partial charge in [-0.2, -0.15) is 0 Å². The van der Waals surface area contributed by atoms with Crippen LogP contribution in [-0.4, -0.2) is 23.7 Å². The Labute approximate surface area is 185 Å². The number of hydrogen-bond donors (Lipinski definition) is 0. The number of Topliss-reactive ketones (excluding diaryl/α,β-unsaturated/α-hetero) is 1. The lowest BCUT2D eigenvalue weighted by molar-refractivity contribution is -0.131. The Morgan fingerprint density at radius 3 is 2.28 bits per heavy atom. The molecule has 1 aliphatic carbocycles. The third-order valence-electron chi connectivity index (χ3n) is 4.80. The Kier molecular flexibility index (Phi) is 6.68. The fourth-order valence-corrected chi connectivity index (χ4v) is 3.11. The number of ketones is 1. The molecule has 2 aromatic rings. The van der Waals surface area contributed by atoms with Crippen molar-refractivity contribution < 1.29 is 33.4 Å². The van der Waals surface area contributed by atoms with E-state index >= 15 is 0 Å². The Hall–Kier alpha value is -4.00. The summed E-state index contributed by atoms with van der Waals surface area (Å²) < 4.78 is 15.0. The summed E-state index contributed by atoms with van der Waals surface area (Å²) in [5, 5.41) is 0. The lowest BCUT2D eigenvalue weighted by Crippen LogP contribution is -2.09. The summed E-state index contributed by atoms with van der Waals surface area (Å²) in [7, 11) is 0. The first kappa shape index (κ1) is 22.7. The molecule has 164 valence electrons. The van der Waals surface area contributed by atoms with Gasteiger partial charge in [-0.15, -0.1) is 0 Å². The molecule has 0 saturated heterocycles. The molecule has 0 atom stereocenters. The predicted octanol–water partition coefficient (Wildman–Crippen LogP) is 4.14. The zero-order chi connectivity index (χ0) is 23.4. The van der Waals surface area contributed by atoms with Crippen LogP contribution < -0.4 is 9.47 Å². The number of hydrogen-bond acceptors (Lipinski definition) is 7. The summed E-state index contributed by atoms with van der Waals surface area (Å²) in [4.78, 5) is 45.3. The van der Waals surface area contributed by atoms with Crippen LogP contribution in [0, 0.1) is 0 Å². The number of carbonyl (C=O) groups is 4. The third-order valence-corrected chi connectivity index (χ3v) is 4.80. The molecule has 0 unspecified atom stereocenters. The first-order chi connectivity index (χ1) is 15.2. The minimum absolute atomic E-state index is 0.114. The van der Waals surface area contributed by atoms with Gasteiger partial charge in [0.25, 0.3) is 0 Å². The SMILES string of the molecule is C=C(C)C(=O)Oc1ccc2c(c1)COC2=O.C=C(C)C(=O)Oc1cccc2c1CCC2=O. The zero-order valence-corrected chi connectivity index (χ0v) is 17.9.